The van der Waals surface area contributed by atoms with Gasteiger partial charge in [0.15, 0.2) is 5.16 Å². The minimum Gasteiger partial charge on any atom is -0.333 e. The van der Waals surface area contributed by atoms with Crippen molar-refractivity contribution in [3.63, 3.8) is 0 Å². The number of nitrogens with zero attached hydrogens (tertiary/aromatic N) is 2. The lowest BCUT2D eigenvalue weighted by Gasteiger charge is -2.00. The topological polar surface area (TPSA) is 52.5 Å². The summed E-state index contributed by atoms with van der Waals surface area (Å²) in [4.78, 5) is 7.76. The first-order valence-corrected chi connectivity index (χ1v) is 7.42. The molecule has 0 spiro atoms. The molecule has 0 radical (unpaired) electrons. The molecule has 0 atom stereocenters. The van der Waals surface area contributed by atoms with E-state index in [0.29, 0.717) is 5.75 Å². The molecule has 21 heavy (non-hydrogen) atoms. The van der Waals surface area contributed by atoms with Gasteiger partial charge in [0.05, 0.1) is 16.6 Å². The largest absolute Gasteiger partial charge is 0.333 e. The highest BCUT2D eigenvalue weighted by Gasteiger charge is 2.06. The maximum absolute atomic E-state index is 13.3. The lowest BCUT2D eigenvalue weighted by molar-refractivity contribution is 0.623. The highest BCUT2D eigenvalue weighted by molar-refractivity contribution is 7.98. The number of nitriles is 1. The number of thioether (sulfide) groups is 1. The quantitative estimate of drug-likeness (QED) is 0.738. The summed E-state index contributed by atoms with van der Waals surface area (Å²) in [6, 6.07) is 12.5. The molecule has 3 aromatic rings. The number of nitrogens with one attached hydrogen (secondary N) is 1. The summed E-state index contributed by atoms with van der Waals surface area (Å²) in [5, 5.41) is 9.65. The lowest BCUT2D eigenvalue weighted by Crippen LogP contribution is -1.88. The van der Waals surface area contributed by atoms with E-state index in [1.165, 1.54) is 23.4 Å². The van der Waals surface area contributed by atoms with Gasteiger partial charge in [-0.25, -0.2) is 9.37 Å². The molecule has 104 valence electrons. The summed E-state index contributed by atoms with van der Waals surface area (Å²) >= 11 is 1.53. The summed E-state index contributed by atoms with van der Waals surface area (Å²) in [6.45, 7) is 2.04. The Kier molecular flexibility index (Phi) is 3.63. The number of hydrogen-bond donors (Lipinski definition) is 1. The summed E-state index contributed by atoms with van der Waals surface area (Å²) in [5.74, 6) is 0.152. The number of halogens is 1. The van der Waals surface area contributed by atoms with Crippen LogP contribution in [0.1, 0.15) is 16.7 Å². The van der Waals surface area contributed by atoms with Crippen LogP contribution in [0, 0.1) is 24.1 Å². The van der Waals surface area contributed by atoms with Crippen LogP contribution in [0.3, 0.4) is 0 Å². The summed E-state index contributed by atoms with van der Waals surface area (Å²) in [5.41, 5.74) is 4.09. The number of imidazole rings is 1. The predicted molar refractivity (Wildman–Crippen MR) is 81.5 cm³/mol. The van der Waals surface area contributed by atoms with E-state index in [-0.39, 0.29) is 5.56 Å². The average Bonchev–Trinajstić information content (AvgIpc) is 2.88. The zero-order valence-electron chi connectivity index (χ0n) is 11.4. The molecule has 0 saturated carbocycles. The molecule has 3 rings (SSSR count). The van der Waals surface area contributed by atoms with E-state index in [2.05, 4.69) is 16.0 Å². The van der Waals surface area contributed by atoms with Crippen molar-refractivity contribution < 1.29 is 4.39 Å². The first-order valence-electron chi connectivity index (χ1n) is 6.43. The van der Waals surface area contributed by atoms with Gasteiger partial charge in [-0.15, -0.1) is 0 Å². The molecule has 2 aromatic carbocycles. The Hall–Kier alpha value is -2.32. The normalized spacial score (nSPS) is 10.7. The van der Waals surface area contributed by atoms with Crippen molar-refractivity contribution in [2.75, 3.05) is 0 Å². The van der Waals surface area contributed by atoms with Gasteiger partial charge >= 0.3 is 0 Å². The number of rotatable bonds is 3. The highest BCUT2D eigenvalue weighted by atomic mass is 32.2. The molecule has 0 bridgehead atoms. The van der Waals surface area contributed by atoms with Gasteiger partial charge in [0, 0.05) is 5.75 Å². The number of fused-ring (bicyclic) bond motifs is 1. The number of aryl methyl sites for hydroxylation is 1. The van der Waals surface area contributed by atoms with E-state index in [0.717, 1.165) is 21.8 Å². The van der Waals surface area contributed by atoms with Gasteiger partial charge in [-0.2, -0.15) is 5.26 Å². The zero-order valence-corrected chi connectivity index (χ0v) is 12.2. The van der Waals surface area contributed by atoms with Crippen LogP contribution in [-0.2, 0) is 5.75 Å². The Morgan fingerprint density at radius 2 is 2.14 bits per heavy atom. The number of hydrogen-bond acceptors (Lipinski definition) is 3. The number of aromatic amines is 1. The standard InChI is InChI=1S/C16H12FN3S/c1-10-2-5-14-15(6-10)20-16(19-14)21-9-11-3-4-13(17)12(7-11)8-18/h2-7H,9H2,1H3,(H,19,20). The number of aromatic nitrogens is 2. The Morgan fingerprint density at radius 1 is 1.29 bits per heavy atom. The van der Waals surface area contributed by atoms with Gasteiger partial charge in [0.2, 0.25) is 0 Å². The van der Waals surface area contributed by atoms with Crippen LogP contribution in [0.4, 0.5) is 4.39 Å². The Bertz CT molecular complexity index is 848. The van der Waals surface area contributed by atoms with Gasteiger partial charge in [0.25, 0.3) is 0 Å². The third kappa shape index (κ3) is 2.91. The molecule has 0 unspecified atom stereocenters. The second-order valence-electron chi connectivity index (χ2n) is 4.78. The Labute approximate surface area is 125 Å². The molecule has 0 saturated heterocycles. The van der Waals surface area contributed by atoms with Crippen molar-refractivity contribution in [3.8, 4) is 6.07 Å². The molecule has 0 fully saturated rings. The van der Waals surface area contributed by atoms with Crippen LogP contribution in [0.5, 0.6) is 0 Å². The van der Waals surface area contributed by atoms with E-state index in [4.69, 9.17) is 5.26 Å². The van der Waals surface area contributed by atoms with Crippen molar-refractivity contribution in [2.45, 2.75) is 17.8 Å². The molecule has 0 aliphatic carbocycles. The summed E-state index contributed by atoms with van der Waals surface area (Å²) in [7, 11) is 0. The molecule has 0 aliphatic rings. The van der Waals surface area contributed by atoms with Crippen molar-refractivity contribution in [3.05, 3.63) is 58.9 Å². The maximum atomic E-state index is 13.3. The van der Waals surface area contributed by atoms with Crippen LogP contribution in [0.25, 0.3) is 11.0 Å². The maximum Gasteiger partial charge on any atom is 0.166 e. The van der Waals surface area contributed by atoms with E-state index >= 15 is 0 Å². The Morgan fingerprint density at radius 3 is 2.95 bits per heavy atom. The fourth-order valence-electron chi connectivity index (χ4n) is 2.07. The molecule has 3 nitrogen and oxygen atoms in total. The van der Waals surface area contributed by atoms with Crippen LogP contribution >= 0.6 is 11.8 Å². The van der Waals surface area contributed by atoms with E-state index in [1.807, 2.05) is 25.1 Å². The van der Waals surface area contributed by atoms with Crippen molar-refractivity contribution in [2.24, 2.45) is 0 Å². The summed E-state index contributed by atoms with van der Waals surface area (Å²) in [6.07, 6.45) is 0. The van der Waals surface area contributed by atoms with Crippen LogP contribution in [0.15, 0.2) is 41.6 Å². The van der Waals surface area contributed by atoms with Gasteiger partial charge in [-0.3, -0.25) is 0 Å². The monoisotopic (exact) mass is 297 g/mol. The molecular formula is C16H12FN3S. The smallest absolute Gasteiger partial charge is 0.166 e. The molecule has 1 heterocycles. The zero-order chi connectivity index (χ0) is 14.8. The van der Waals surface area contributed by atoms with E-state index < -0.39 is 5.82 Å². The van der Waals surface area contributed by atoms with Gasteiger partial charge in [-0.1, -0.05) is 23.9 Å². The second kappa shape index (κ2) is 5.58. The molecule has 5 heteroatoms. The van der Waals surface area contributed by atoms with Gasteiger partial charge < -0.3 is 4.98 Å². The minimum atomic E-state index is -0.481. The molecule has 0 aliphatic heterocycles. The third-order valence-corrected chi connectivity index (χ3v) is 4.09. The number of benzene rings is 2. The first kappa shape index (κ1) is 13.7. The highest BCUT2D eigenvalue weighted by Crippen LogP contribution is 2.24. The van der Waals surface area contributed by atoms with Crippen LogP contribution in [0.2, 0.25) is 0 Å². The third-order valence-electron chi connectivity index (χ3n) is 3.14. The van der Waals surface area contributed by atoms with Crippen LogP contribution < -0.4 is 0 Å². The average molecular weight is 297 g/mol. The van der Waals surface area contributed by atoms with Crippen LogP contribution in [-0.4, -0.2) is 9.97 Å². The molecule has 1 N–H and O–H groups in total. The molecule has 0 amide bonds. The van der Waals surface area contributed by atoms with Gasteiger partial charge in [-0.05, 0) is 42.3 Å². The predicted octanol–water partition coefficient (Wildman–Crippen LogP) is 4.17. The van der Waals surface area contributed by atoms with E-state index in [1.54, 1.807) is 12.1 Å². The first-order chi connectivity index (χ1) is 10.2. The second-order valence-corrected chi connectivity index (χ2v) is 5.74. The molecule has 1 aromatic heterocycles. The fraction of sp³-hybridized carbons (Fsp3) is 0.125. The summed E-state index contributed by atoms with van der Waals surface area (Å²) < 4.78 is 13.3. The Balaban J connectivity index is 1.78. The molecular weight excluding hydrogens is 285 g/mol. The van der Waals surface area contributed by atoms with Crippen molar-refractivity contribution in [1.29, 1.82) is 5.26 Å². The van der Waals surface area contributed by atoms with Gasteiger partial charge in [0.1, 0.15) is 11.9 Å². The van der Waals surface area contributed by atoms with Crippen molar-refractivity contribution >= 4 is 22.8 Å². The van der Waals surface area contributed by atoms with Crippen molar-refractivity contribution in [1.82, 2.24) is 9.97 Å². The lowest BCUT2D eigenvalue weighted by atomic mass is 10.1. The van der Waals surface area contributed by atoms with E-state index in [9.17, 15) is 4.39 Å². The fourth-order valence-corrected chi connectivity index (χ4v) is 2.90. The SMILES string of the molecule is Cc1ccc2nc(SCc3ccc(F)c(C#N)c3)[nH]c2c1. The number of H-pyrrole nitrogens is 1. The minimum absolute atomic E-state index is 0.0772.